The molecule has 2 aromatic heterocycles. The monoisotopic (exact) mass is 261 g/mol. The van der Waals surface area contributed by atoms with E-state index in [2.05, 4.69) is 5.10 Å². The van der Waals surface area contributed by atoms with Gasteiger partial charge in [0.25, 0.3) is 0 Å². The van der Waals surface area contributed by atoms with Crippen molar-refractivity contribution in [1.29, 1.82) is 0 Å². The number of hydrogen-bond donors (Lipinski definition) is 1. The number of hydrazone groups is 1. The molecule has 1 aliphatic rings. The van der Waals surface area contributed by atoms with E-state index in [0.717, 1.165) is 17.2 Å². The van der Waals surface area contributed by atoms with Crippen LogP contribution in [-0.2, 0) is 0 Å². The molecule has 0 aliphatic carbocycles. The molecular weight excluding hydrogens is 250 g/mol. The number of furan rings is 2. The van der Waals surface area contributed by atoms with Gasteiger partial charge in [0.2, 0.25) is 0 Å². The molecule has 0 bridgehead atoms. The van der Waals surface area contributed by atoms with E-state index in [0.29, 0.717) is 6.42 Å². The van der Waals surface area contributed by atoms with Crippen LogP contribution in [0.15, 0.2) is 50.7 Å². The van der Waals surface area contributed by atoms with Gasteiger partial charge in [-0.2, -0.15) is 5.10 Å². The van der Waals surface area contributed by atoms with Gasteiger partial charge in [0.1, 0.15) is 23.3 Å². The summed E-state index contributed by atoms with van der Waals surface area (Å²) in [5.41, 5.74) is 6.50. The summed E-state index contributed by atoms with van der Waals surface area (Å²) in [5, 5.41) is 6.21. The summed E-state index contributed by atoms with van der Waals surface area (Å²) >= 11 is 5.01. The third kappa shape index (κ3) is 1.80. The minimum atomic E-state index is -0.0994. The van der Waals surface area contributed by atoms with Gasteiger partial charge in [-0.15, -0.1) is 0 Å². The molecule has 18 heavy (non-hydrogen) atoms. The number of thiocarbonyl (C=S) groups is 1. The fraction of sp³-hybridized carbons (Fsp3) is 0.167. The van der Waals surface area contributed by atoms with E-state index in [1.54, 1.807) is 17.5 Å². The highest BCUT2D eigenvalue weighted by Gasteiger charge is 2.33. The highest BCUT2D eigenvalue weighted by Crippen LogP contribution is 2.32. The average Bonchev–Trinajstić information content (AvgIpc) is 3.10. The maximum atomic E-state index is 5.69. The fourth-order valence-electron chi connectivity index (χ4n) is 2.01. The largest absolute Gasteiger partial charge is 0.467 e. The van der Waals surface area contributed by atoms with E-state index in [-0.39, 0.29) is 11.2 Å². The molecule has 0 fully saturated rings. The van der Waals surface area contributed by atoms with Gasteiger partial charge < -0.3 is 14.6 Å². The first kappa shape index (κ1) is 11.0. The van der Waals surface area contributed by atoms with Crippen LogP contribution in [0.3, 0.4) is 0 Å². The van der Waals surface area contributed by atoms with Crippen molar-refractivity contribution in [2.45, 2.75) is 12.5 Å². The lowest BCUT2D eigenvalue weighted by atomic mass is 10.1. The topological polar surface area (TPSA) is 67.9 Å². The van der Waals surface area contributed by atoms with Crippen LogP contribution < -0.4 is 5.73 Å². The third-order valence-corrected chi connectivity index (χ3v) is 3.00. The van der Waals surface area contributed by atoms with Gasteiger partial charge in [-0.25, -0.2) is 5.01 Å². The molecule has 1 aliphatic heterocycles. The van der Waals surface area contributed by atoms with E-state index >= 15 is 0 Å². The first-order chi connectivity index (χ1) is 8.75. The molecule has 0 unspecified atom stereocenters. The van der Waals surface area contributed by atoms with E-state index in [9.17, 15) is 0 Å². The Morgan fingerprint density at radius 2 is 2.11 bits per heavy atom. The Morgan fingerprint density at radius 3 is 2.72 bits per heavy atom. The second-order valence-corrected chi connectivity index (χ2v) is 4.36. The molecule has 0 saturated heterocycles. The van der Waals surface area contributed by atoms with Crippen molar-refractivity contribution in [2.24, 2.45) is 10.8 Å². The Balaban J connectivity index is 1.93. The molecule has 92 valence electrons. The van der Waals surface area contributed by atoms with Gasteiger partial charge in [-0.05, 0) is 36.5 Å². The Bertz CT molecular complexity index is 575. The molecule has 0 radical (unpaired) electrons. The summed E-state index contributed by atoms with van der Waals surface area (Å²) in [6, 6.07) is 7.30. The number of nitrogens with two attached hydrogens (primary N) is 1. The minimum Gasteiger partial charge on any atom is -0.467 e. The summed E-state index contributed by atoms with van der Waals surface area (Å²) in [6.07, 6.45) is 3.89. The van der Waals surface area contributed by atoms with Crippen molar-refractivity contribution in [2.75, 3.05) is 0 Å². The van der Waals surface area contributed by atoms with Crippen molar-refractivity contribution >= 4 is 23.0 Å². The first-order valence-electron chi connectivity index (χ1n) is 5.49. The molecule has 0 aromatic carbocycles. The van der Waals surface area contributed by atoms with Crippen molar-refractivity contribution in [3.05, 3.63) is 48.3 Å². The van der Waals surface area contributed by atoms with Crippen LogP contribution in [0.5, 0.6) is 0 Å². The number of rotatable bonds is 2. The minimum absolute atomic E-state index is 0.0994. The van der Waals surface area contributed by atoms with Gasteiger partial charge in [0, 0.05) is 6.42 Å². The van der Waals surface area contributed by atoms with Gasteiger partial charge in [-0.1, -0.05) is 0 Å². The van der Waals surface area contributed by atoms with Crippen LogP contribution in [0.2, 0.25) is 0 Å². The van der Waals surface area contributed by atoms with Crippen molar-refractivity contribution in [1.82, 2.24) is 5.01 Å². The Kier molecular flexibility index (Phi) is 2.64. The van der Waals surface area contributed by atoms with E-state index in [1.165, 1.54) is 0 Å². The molecule has 3 rings (SSSR count). The predicted octanol–water partition coefficient (Wildman–Crippen LogP) is 2.27. The second-order valence-electron chi connectivity index (χ2n) is 3.94. The number of nitrogens with zero attached hydrogens (tertiary/aromatic N) is 2. The van der Waals surface area contributed by atoms with Gasteiger partial charge in [-0.3, -0.25) is 0 Å². The maximum absolute atomic E-state index is 5.69. The van der Waals surface area contributed by atoms with Crippen LogP contribution in [0.4, 0.5) is 0 Å². The van der Waals surface area contributed by atoms with E-state index in [1.807, 2.05) is 24.3 Å². The summed E-state index contributed by atoms with van der Waals surface area (Å²) in [4.78, 5) is 0. The number of hydrogen-bond acceptors (Lipinski definition) is 4. The molecule has 1 atom stereocenters. The summed E-state index contributed by atoms with van der Waals surface area (Å²) < 4.78 is 10.7. The SMILES string of the molecule is NC(=S)N1N=C(c2ccco2)C[C@@H]1c1ccco1. The zero-order valence-electron chi connectivity index (χ0n) is 9.45. The van der Waals surface area contributed by atoms with Crippen LogP contribution in [0, 0.1) is 0 Å². The maximum Gasteiger partial charge on any atom is 0.187 e. The van der Waals surface area contributed by atoms with Crippen LogP contribution >= 0.6 is 12.2 Å². The lowest BCUT2D eigenvalue weighted by Crippen LogP contribution is -2.31. The van der Waals surface area contributed by atoms with Crippen LogP contribution in [0.1, 0.15) is 24.0 Å². The zero-order chi connectivity index (χ0) is 12.5. The van der Waals surface area contributed by atoms with Gasteiger partial charge in [0.15, 0.2) is 5.11 Å². The van der Waals surface area contributed by atoms with Gasteiger partial charge in [0.05, 0.1) is 12.5 Å². The molecule has 3 heterocycles. The fourth-order valence-corrected chi connectivity index (χ4v) is 2.18. The third-order valence-electron chi connectivity index (χ3n) is 2.81. The predicted molar refractivity (Wildman–Crippen MR) is 69.9 cm³/mol. The molecule has 0 spiro atoms. The Morgan fingerprint density at radius 1 is 1.33 bits per heavy atom. The van der Waals surface area contributed by atoms with Crippen molar-refractivity contribution in [3.63, 3.8) is 0 Å². The molecule has 5 nitrogen and oxygen atoms in total. The summed E-state index contributed by atoms with van der Waals surface area (Å²) in [7, 11) is 0. The Labute approximate surface area is 109 Å². The molecule has 6 heteroatoms. The highest BCUT2D eigenvalue weighted by molar-refractivity contribution is 7.80. The van der Waals surface area contributed by atoms with Crippen LogP contribution in [0.25, 0.3) is 0 Å². The lowest BCUT2D eigenvalue weighted by Gasteiger charge is -2.19. The van der Waals surface area contributed by atoms with Crippen molar-refractivity contribution < 1.29 is 8.83 Å². The second kappa shape index (κ2) is 4.30. The first-order valence-corrected chi connectivity index (χ1v) is 5.90. The quantitative estimate of drug-likeness (QED) is 0.840. The Hall–Kier alpha value is -2.08. The summed E-state index contributed by atoms with van der Waals surface area (Å²) in [6.45, 7) is 0. The van der Waals surface area contributed by atoms with Crippen molar-refractivity contribution in [3.8, 4) is 0 Å². The highest BCUT2D eigenvalue weighted by atomic mass is 32.1. The summed E-state index contributed by atoms with van der Waals surface area (Å²) in [5.74, 6) is 1.51. The molecule has 0 amide bonds. The smallest absolute Gasteiger partial charge is 0.187 e. The lowest BCUT2D eigenvalue weighted by molar-refractivity contribution is 0.316. The normalized spacial score (nSPS) is 19.0. The standard InChI is InChI=1S/C12H11N3O2S/c13-12(18)15-9(11-4-2-6-17-11)7-8(14-15)10-3-1-5-16-10/h1-6,9H,7H2,(H2,13,18)/t9-/m1/s1. The van der Waals surface area contributed by atoms with E-state index < -0.39 is 0 Å². The molecular formula is C12H11N3O2S. The molecule has 2 aromatic rings. The zero-order valence-corrected chi connectivity index (χ0v) is 10.3. The van der Waals surface area contributed by atoms with E-state index in [4.69, 9.17) is 26.8 Å². The average molecular weight is 261 g/mol. The van der Waals surface area contributed by atoms with Gasteiger partial charge >= 0.3 is 0 Å². The molecule has 2 N–H and O–H groups in total. The molecule has 0 saturated carbocycles. The van der Waals surface area contributed by atoms with Crippen LogP contribution in [-0.4, -0.2) is 15.8 Å².